The van der Waals surface area contributed by atoms with Crippen LogP contribution in [0.15, 0.2) is 12.7 Å². The Morgan fingerprint density at radius 1 is 1.44 bits per heavy atom. The standard InChI is InChI=1S/C12H19NO5/c1-2-7-18-12(16)13(6-3-11(14)15)10-4-8-17-9-5-10/h2,10H,1,3-9H2,(H,14,15). The van der Waals surface area contributed by atoms with E-state index in [0.717, 1.165) is 0 Å². The number of ether oxygens (including phenoxy) is 2. The fourth-order valence-electron chi connectivity index (χ4n) is 1.85. The summed E-state index contributed by atoms with van der Waals surface area (Å²) < 4.78 is 10.2. The second kappa shape index (κ2) is 7.71. The van der Waals surface area contributed by atoms with Crippen molar-refractivity contribution in [3.8, 4) is 0 Å². The molecule has 1 N–H and O–H groups in total. The van der Waals surface area contributed by atoms with Crippen LogP contribution in [0.5, 0.6) is 0 Å². The van der Waals surface area contributed by atoms with E-state index in [4.69, 9.17) is 14.6 Å². The van der Waals surface area contributed by atoms with E-state index in [1.807, 2.05) is 0 Å². The average molecular weight is 257 g/mol. The van der Waals surface area contributed by atoms with Crippen molar-refractivity contribution in [2.75, 3.05) is 26.4 Å². The second-order valence-electron chi connectivity index (χ2n) is 4.05. The molecule has 0 atom stereocenters. The van der Waals surface area contributed by atoms with Gasteiger partial charge in [0.25, 0.3) is 0 Å². The molecule has 1 rings (SSSR count). The molecule has 0 radical (unpaired) electrons. The second-order valence-corrected chi connectivity index (χ2v) is 4.05. The largest absolute Gasteiger partial charge is 0.481 e. The summed E-state index contributed by atoms with van der Waals surface area (Å²) in [6.45, 7) is 4.93. The van der Waals surface area contributed by atoms with Crippen LogP contribution in [0.25, 0.3) is 0 Å². The van der Waals surface area contributed by atoms with E-state index in [2.05, 4.69) is 6.58 Å². The number of hydrogen-bond acceptors (Lipinski definition) is 4. The van der Waals surface area contributed by atoms with Crippen LogP contribution in [0, 0.1) is 0 Å². The van der Waals surface area contributed by atoms with Gasteiger partial charge in [-0.2, -0.15) is 0 Å². The summed E-state index contributed by atoms with van der Waals surface area (Å²) in [5, 5.41) is 8.70. The number of rotatable bonds is 6. The summed E-state index contributed by atoms with van der Waals surface area (Å²) in [6.07, 6.45) is 2.34. The highest BCUT2D eigenvalue weighted by Gasteiger charge is 2.27. The Labute approximate surface area is 106 Å². The molecule has 1 saturated heterocycles. The molecule has 0 saturated carbocycles. The highest BCUT2D eigenvalue weighted by atomic mass is 16.6. The van der Waals surface area contributed by atoms with Crippen molar-refractivity contribution in [1.82, 2.24) is 4.90 Å². The fraction of sp³-hybridized carbons (Fsp3) is 0.667. The minimum absolute atomic E-state index is 0.00425. The first-order valence-electron chi connectivity index (χ1n) is 5.99. The van der Waals surface area contributed by atoms with Gasteiger partial charge >= 0.3 is 12.1 Å². The lowest BCUT2D eigenvalue weighted by atomic mass is 10.1. The molecule has 0 aromatic rings. The minimum atomic E-state index is -0.927. The van der Waals surface area contributed by atoms with Crippen molar-refractivity contribution in [1.29, 1.82) is 0 Å². The molecule has 6 nitrogen and oxygen atoms in total. The van der Waals surface area contributed by atoms with Gasteiger partial charge in [0.05, 0.1) is 6.42 Å². The van der Waals surface area contributed by atoms with Crippen molar-refractivity contribution in [2.24, 2.45) is 0 Å². The molecule has 0 aromatic carbocycles. The minimum Gasteiger partial charge on any atom is -0.481 e. The molecule has 18 heavy (non-hydrogen) atoms. The van der Waals surface area contributed by atoms with Gasteiger partial charge in [-0.25, -0.2) is 4.79 Å². The maximum Gasteiger partial charge on any atom is 0.410 e. The third-order valence-electron chi connectivity index (χ3n) is 2.76. The normalized spacial score (nSPS) is 16.0. The van der Waals surface area contributed by atoms with Crippen LogP contribution in [0.4, 0.5) is 4.79 Å². The monoisotopic (exact) mass is 257 g/mol. The zero-order chi connectivity index (χ0) is 13.4. The molecule has 1 aliphatic rings. The van der Waals surface area contributed by atoms with Crippen LogP contribution in [0.1, 0.15) is 19.3 Å². The van der Waals surface area contributed by atoms with Crippen LogP contribution >= 0.6 is 0 Å². The lowest BCUT2D eigenvalue weighted by Crippen LogP contribution is -2.44. The molecule has 102 valence electrons. The Morgan fingerprint density at radius 2 is 2.11 bits per heavy atom. The molecule has 0 unspecified atom stereocenters. The Morgan fingerprint density at radius 3 is 2.67 bits per heavy atom. The van der Waals surface area contributed by atoms with Crippen LogP contribution in [-0.4, -0.2) is 54.5 Å². The average Bonchev–Trinajstić information content (AvgIpc) is 2.37. The van der Waals surface area contributed by atoms with Crippen molar-refractivity contribution < 1.29 is 24.2 Å². The number of hydrogen-bond donors (Lipinski definition) is 1. The van der Waals surface area contributed by atoms with E-state index < -0.39 is 12.1 Å². The van der Waals surface area contributed by atoms with Crippen molar-refractivity contribution in [3.63, 3.8) is 0 Å². The molecular formula is C12H19NO5. The molecule has 6 heteroatoms. The number of carboxylic acid groups (broad SMARTS) is 1. The van der Waals surface area contributed by atoms with Crippen LogP contribution < -0.4 is 0 Å². The van der Waals surface area contributed by atoms with Crippen LogP contribution in [-0.2, 0) is 14.3 Å². The van der Waals surface area contributed by atoms with Gasteiger partial charge in [-0.15, -0.1) is 0 Å². The third-order valence-corrected chi connectivity index (χ3v) is 2.76. The van der Waals surface area contributed by atoms with E-state index in [-0.39, 0.29) is 25.6 Å². The van der Waals surface area contributed by atoms with E-state index in [1.165, 1.54) is 11.0 Å². The Bertz CT molecular complexity index is 299. The fourth-order valence-corrected chi connectivity index (χ4v) is 1.85. The topological polar surface area (TPSA) is 76.1 Å². The lowest BCUT2D eigenvalue weighted by Gasteiger charge is -2.33. The van der Waals surface area contributed by atoms with Gasteiger partial charge < -0.3 is 19.5 Å². The third kappa shape index (κ3) is 4.75. The highest BCUT2D eigenvalue weighted by Crippen LogP contribution is 2.16. The van der Waals surface area contributed by atoms with E-state index >= 15 is 0 Å². The van der Waals surface area contributed by atoms with Gasteiger partial charge in [-0.1, -0.05) is 12.7 Å². The number of nitrogens with zero attached hydrogens (tertiary/aromatic N) is 1. The highest BCUT2D eigenvalue weighted by molar-refractivity contribution is 5.71. The molecular weight excluding hydrogens is 238 g/mol. The SMILES string of the molecule is C=CCOC(=O)N(CCC(=O)O)C1CCOCC1. The van der Waals surface area contributed by atoms with Crippen molar-refractivity contribution in [2.45, 2.75) is 25.3 Å². The first kappa shape index (κ1) is 14.5. The van der Waals surface area contributed by atoms with Crippen molar-refractivity contribution >= 4 is 12.1 Å². The lowest BCUT2D eigenvalue weighted by molar-refractivity contribution is -0.137. The summed E-state index contributed by atoms with van der Waals surface area (Å²) in [7, 11) is 0. The molecule has 0 aromatic heterocycles. The van der Waals surface area contributed by atoms with Gasteiger partial charge in [0.15, 0.2) is 0 Å². The summed E-state index contributed by atoms with van der Waals surface area (Å²) in [4.78, 5) is 23.9. The number of carboxylic acids is 1. The van der Waals surface area contributed by atoms with E-state index in [1.54, 1.807) is 0 Å². The van der Waals surface area contributed by atoms with Gasteiger partial charge in [0.1, 0.15) is 6.61 Å². The molecule has 0 aliphatic carbocycles. The van der Waals surface area contributed by atoms with Gasteiger partial charge in [0, 0.05) is 25.8 Å². The number of carbonyl (C=O) groups excluding carboxylic acids is 1. The summed E-state index contributed by atoms with van der Waals surface area (Å²) >= 11 is 0. The van der Waals surface area contributed by atoms with Gasteiger partial charge in [-0.05, 0) is 12.8 Å². The zero-order valence-electron chi connectivity index (χ0n) is 10.3. The number of aliphatic carboxylic acids is 1. The predicted molar refractivity (Wildman–Crippen MR) is 64.3 cm³/mol. The van der Waals surface area contributed by atoms with Crippen molar-refractivity contribution in [3.05, 3.63) is 12.7 Å². The number of amides is 1. The van der Waals surface area contributed by atoms with Crippen LogP contribution in [0.2, 0.25) is 0 Å². The van der Waals surface area contributed by atoms with E-state index in [9.17, 15) is 9.59 Å². The maximum absolute atomic E-state index is 11.8. The number of carbonyl (C=O) groups is 2. The van der Waals surface area contributed by atoms with E-state index in [0.29, 0.717) is 26.1 Å². The quantitative estimate of drug-likeness (QED) is 0.725. The van der Waals surface area contributed by atoms with Gasteiger partial charge in [0.2, 0.25) is 0 Å². The summed E-state index contributed by atoms with van der Waals surface area (Å²) in [5.74, 6) is -0.927. The molecule has 1 aliphatic heterocycles. The summed E-state index contributed by atoms with van der Waals surface area (Å²) in [5.41, 5.74) is 0. The molecule has 0 bridgehead atoms. The zero-order valence-corrected chi connectivity index (χ0v) is 10.3. The molecule has 1 heterocycles. The molecule has 1 amide bonds. The maximum atomic E-state index is 11.8. The molecule has 0 spiro atoms. The molecule has 1 fully saturated rings. The van der Waals surface area contributed by atoms with Crippen LogP contribution in [0.3, 0.4) is 0 Å². The summed E-state index contributed by atoms with van der Waals surface area (Å²) in [6, 6.07) is -0.00425. The Kier molecular flexibility index (Phi) is 6.21. The first-order chi connectivity index (χ1) is 8.65. The Balaban J connectivity index is 2.57. The predicted octanol–water partition coefficient (Wildman–Crippen LogP) is 1.26. The van der Waals surface area contributed by atoms with Gasteiger partial charge in [-0.3, -0.25) is 4.79 Å². The smallest absolute Gasteiger partial charge is 0.410 e. The first-order valence-corrected chi connectivity index (χ1v) is 5.99. The Hall–Kier alpha value is -1.56.